The van der Waals surface area contributed by atoms with E-state index in [1.807, 2.05) is 27.0 Å². The first kappa shape index (κ1) is 14.7. The summed E-state index contributed by atoms with van der Waals surface area (Å²) in [5, 5.41) is 9.06. The second-order valence-electron chi connectivity index (χ2n) is 4.65. The fraction of sp³-hybridized carbons (Fsp3) is 0.286. The monoisotopic (exact) mass is 319 g/mol. The van der Waals surface area contributed by atoms with Gasteiger partial charge in [0.1, 0.15) is 17.1 Å². The second-order valence-corrected chi connectivity index (χ2v) is 5.61. The topological polar surface area (TPSA) is 69.6 Å². The van der Waals surface area contributed by atoms with Crippen LogP contribution in [0, 0.1) is 12.7 Å². The van der Waals surface area contributed by atoms with E-state index in [1.54, 1.807) is 10.8 Å². The van der Waals surface area contributed by atoms with Crippen LogP contribution in [0.4, 0.5) is 4.39 Å². The van der Waals surface area contributed by atoms with Gasteiger partial charge in [0.2, 0.25) is 0 Å². The number of nitrogens with zero attached hydrogens (tertiary/aromatic N) is 5. The van der Waals surface area contributed by atoms with Gasteiger partial charge in [-0.3, -0.25) is 0 Å². The molecular weight excluding hydrogens is 305 g/mol. The van der Waals surface area contributed by atoms with Crippen molar-refractivity contribution >= 4 is 11.8 Å². The van der Waals surface area contributed by atoms with Gasteiger partial charge in [-0.05, 0) is 31.2 Å². The van der Waals surface area contributed by atoms with E-state index in [0.29, 0.717) is 23.1 Å². The number of halogens is 1. The minimum absolute atomic E-state index is 0.248. The van der Waals surface area contributed by atoms with Crippen LogP contribution in [-0.2, 0) is 13.5 Å². The van der Waals surface area contributed by atoms with E-state index >= 15 is 0 Å². The highest BCUT2D eigenvalue weighted by molar-refractivity contribution is 7.99. The van der Waals surface area contributed by atoms with Crippen LogP contribution < -0.4 is 0 Å². The molecule has 0 aliphatic heterocycles. The lowest BCUT2D eigenvalue weighted by Gasteiger charge is -2.05. The van der Waals surface area contributed by atoms with Crippen LogP contribution in [0.15, 0.2) is 33.3 Å². The minimum Gasteiger partial charge on any atom is -0.469 e. The number of furan rings is 1. The first-order chi connectivity index (χ1) is 10.6. The predicted molar refractivity (Wildman–Crippen MR) is 78.9 cm³/mol. The molecule has 3 aromatic rings. The summed E-state index contributed by atoms with van der Waals surface area (Å²) >= 11 is 1.13. The Morgan fingerprint density at radius 3 is 2.82 bits per heavy atom. The Morgan fingerprint density at radius 1 is 1.32 bits per heavy atom. The zero-order chi connectivity index (χ0) is 15.7. The number of rotatable bonds is 4. The number of aryl methyl sites for hydroxylation is 2. The van der Waals surface area contributed by atoms with Gasteiger partial charge in [-0.15, -0.1) is 10.2 Å². The molecule has 0 saturated carbocycles. The van der Waals surface area contributed by atoms with Crippen LogP contribution in [0.3, 0.4) is 0 Å². The third kappa shape index (κ3) is 2.50. The normalized spacial score (nSPS) is 11.1. The Hall–Kier alpha value is -2.22. The van der Waals surface area contributed by atoms with Crippen molar-refractivity contribution in [3.8, 4) is 11.4 Å². The SMILES string of the molecule is CCc1ncnc(Sc2nnc(-c3ccoc3C)n2C)c1F. The molecule has 0 saturated heterocycles. The average molecular weight is 319 g/mol. The van der Waals surface area contributed by atoms with Crippen molar-refractivity contribution in [1.82, 2.24) is 24.7 Å². The summed E-state index contributed by atoms with van der Waals surface area (Å²) in [6.07, 6.45) is 3.48. The van der Waals surface area contributed by atoms with Gasteiger partial charge in [0.05, 0.1) is 17.5 Å². The Labute approximate surface area is 130 Å². The standard InChI is InChI=1S/C14H14FN5OS/c1-4-10-11(15)13(17-7-16-10)22-14-19-18-12(20(14)3)9-5-6-21-8(9)2/h5-7H,4H2,1-3H3. The Balaban J connectivity index is 1.95. The Kier molecular flexibility index (Phi) is 3.93. The summed E-state index contributed by atoms with van der Waals surface area (Å²) in [4.78, 5) is 7.91. The number of hydrogen-bond acceptors (Lipinski definition) is 6. The lowest BCUT2D eigenvalue weighted by molar-refractivity contribution is 0.534. The molecule has 3 rings (SSSR count). The lowest BCUT2D eigenvalue weighted by atomic mass is 10.2. The van der Waals surface area contributed by atoms with E-state index < -0.39 is 5.82 Å². The molecule has 114 valence electrons. The van der Waals surface area contributed by atoms with Crippen molar-refractivity contribution in [3.63, 3.8) is 0 Å². The quantitative estimate of drug-likeness (QED) is 0.689. The van der Waals surface area contributed by atoms with Gasteiger partial charge in [-0.1, -0.05) is 6.92 Å². The highest BCUT2D eigenvalue weighted by Crippen LogP contribution is 2.30. The molecule has 0 N–H and O–H groups in total. The molecule has 0 aromatic carbocycles. The Bertz CT molecular complexity index is 813. The van der Waals surface area contributed by atoms with E-state index in [-0.39, 0.29) is 5.03 Å². The molecule has 0 bridgehead atoms. The van der Waals surface area contributed by atoms with E-state index in [0.717, 1.165) is 23.1 Å². The summed E-state index contributed by atoms with van der Waals surface area (Å²) in [5.41, 5.74) is 1.25. The molecule has 3 heterocycles. The van der Waals surface area contributed by atoms with Crippen molar-refractivity contribution in [3.05, 3.63) is 35.9 Å². The van der Waals surface area contributed by atoms with Gasteiger partial charge >= 0.3 is 0 Å². The largest absolute Gasteiger partial charge is 0.469 e. The van der Waals surface area contributed by atoms with Crippen molar-refractivity contribution in [2.45, 2.75) is 30.5 Å². The first-order valence-corrected chi connectivity index (χ1v) is 7.54. The fourth-order valence-corrected chi connectivity index (χ4v) is 2.83. The van der Waals surface area contributed by atoms with Crippen molar-refractivity contribution in [1.29, 1.82) is 0 Å². The van der Waals surface area contributed by atoms with Crippen LogP contribution in [0.1, 0.15) is 18.4 Å². The molecule has 0 unspecified atom stereocenters. The molecule has 0 atom stereocenters. The van der Waals surface area contributed by atoms with Crippen molar-refractivity contribution in [2.75, 3.05) is 0 Å². The van der Waals surface area contributed by atoms with Crippen LogP contribution >= 0.6 is 11.8 Å². The van der Waals surface area contributed by atoms with Crippen LogP contribution in [-0.4, -0.2) is 24.7 Å². The maximum Gasteiger partial charge on any atom is 0.197 e. The molecule has 8 heteroatoms. The highest BCUT2D eigenvalue weighted by atomic mass is 32.2. The van der Waals surface area contributed by atoms with Crippen molar-refractivity contribution in [2.24, 2.45) is 7.05 Å². The third-order valence-corrected chi connectivity index (χ3v) is 4.30. The summed E-state index contributed by atoms with van der Waals surface area (Å²) in [7, 11) is 1.82. The van der Waals surface area contributed by atoms with Gasteiger partial charge in [-0.2, -0.15) is 0 Å². The maximum atomic E-state index is 14.2. The number of hydrogen-bond donors (Lipinski definition) is 0. The summed E-state index contributed by atoms with van der Waals surface area (Å²) in [6, 6.07) is 1.83. The molecule has 3 aromatic heterocycles. The van der Waals surface area contributed by atoms with Crippen LogP contribution in [0.25, 0.3) is 11.4 Å². The Morgan fingerprint density at radius 2 is 2.14 bits per heavy atom. The highest BCUT2D eigenvalue weighted by Gasteiger charge is 2.18. The van der Waals surface area contributed by atoms with Gasteiger partial charge in [-0.25, -0.2) is 14.4 Å². The van der Waals surface area contributed by atoms with Gasteiger partial charge in [0.15, 0.2) is 16.8 Å². The van der Waals surface area contributed by atoms with Crippen LogP contribution in [0.5, 0.6) is 0 Å². The van der Waals surface area contributed by atoms with Crippen LogP contribution in [0.2, 0.25) is 0 Å². The minimum atomic E-state index is -0.404. The van der Waals surface area contributed by atoms with Gasteiger partial charge < -0.3 is 8.98 Å². The molecule has 22 heavy (non-hydrogen) atoms. The molecule has 0 radical (unpaired) electrons. The number of aromatic nitrogens is 5. The molecule has 0 amide bonds. The summed E-state index contributed by atoms with van der Waals surface area (Å²) in [5.74, 6) is 1.02. The first-order valence-electron chi connectivity index (χ1n) is 6.72. The molecule has 0 spiro atoms. The van der Waals surface area contributed by atoms with Gasteiger partial charge in [0, 0.05) is 7.05 Å². The average Bonchev–Trinajstić information content (AvgIpc) is 3.08. The zero-order valence-electron chi connectivity index (χ0n) is 12.4. The van der Waals surface area contributed by atoms with E-state index in [9.17, 15) is 4.39 Å². The summed E-state index contributed by atoms with van der Waals surface area (Å²) < 4.78 is 21.3. The van der Waals surface area contributed by atoms with E-state index in [4.69, 9.17) is 4.42 Å². The van der Waals surface area contributed by atoms with Gasteiger partial charge in [0.25, 0.3) is 0 Å². The fourth-order valence-electron chi connectivity index (χ4n) is 2.05. The van der Waals surface area contributed by atoms with Crippen molar-refractivity contribution < 1.29 is 8.81 Å². The smallest absolute Gasteiger partial charge is 0.197 e. The predicted octanol–water partition coefficient (Wildman–Crippen LogP) is 3.03. The molecule has 6 nitrogen and oxygen atoms in total. The lowest BCUT2D eigenvalue weighted by Crippen LogP contribution is -2.00. The summed E-state index contributed by atoms with van der Waals surface area (Å²) in [6.45, 7) is 3.70. The molecule has 0 aliphatic rings. The molecular formula is C14H14FN5OS. The maximum absolute atomic E-state index is 14.2. The molecule has 0 aliphatic carbocycles. The van der Waals surface area contributed by atoms with E-state index in [2.05, 4.69) is 20.2 Å². The second kappa shape index (κ2) is 5.88. The zero-order valence-corrected chi connectivity index (χ0v) is 13.2. The molecule has 0 fully saturated rings. The third-order valence-electron chi connectivity index (χ3n) is 3.29. The van der Waals surface area contributed by atoms with E-state index in [1.165, 1.54) is 6.33 Å².